The van der Waals surface area contributed by atoms with E-state index in [1.165, 1.54) is 0 Å². The molecule has 3 nitrogen and oxygen atoms in total. The zero-order valence-electron chi connectivity index (χ0n) is 8.94. The molecule has 4 heteroatoms. The molecule has 2 aromatic rings. The van der Waals surface area contributed by atoms with E-state index in [-0.39, 0.29) is 18.0 Å². The quantitative estimate of drug-likeness (QED) is 0.687. The molecule has 0 fully saturated rings. The highest BCUT2D eigenvalue weighted by Gasteiger charge is 2.05. The summed E-state index contributed by atoms with van der Waals surface area (Å²) in [6, 6.07) is 5.66. The standard InChI is InChI=1S/C11H12N2O.ClH/c1-7-5-4-6-10-12-9(3)8(2)11(14)13(7)10;/h4-6H,1-3H3;1H. The topological polar surface area (TPSA) is 34.4 Å². The lowest BCUT2D eigenvalue weighted by Crippen LogP contribution is -2.20. The normalized spacial score (nSPS) is 10.1. The van der Waals surface area contributed by atoms with Crippen LogP contribution >= 0.6 is 12.4 Å². The number of aryl methyl sites for hydroxylation is 2. The monoisotopic (exact) mass is 224 g/mol. The molecule has 0 aromatic carbocycles. The number of nitrogens with zero attached hydrogens (tertiary/aromatic N) is 2. The number of hydrogen-bond donors (Lipinski definition) is 0. The van der Waals surface area contributed by atoms with Crippen LogP contribution in [0.1, 0.15) is 17.0 Å². The van der Waals surface area contributed by atoms with Crippen molar-refractivity contribution in [3.63, 3.8) is 0 Å². The lowest BCUT2D eigenvalue weighted by Gasteiger charge is -2.06. The van der Waals surface area contributed by atoms with Gasteiger partial charge in [-0.05, 0) is 32.9 Å². The molecule has 2 heterocycles. The van der Waals surface area contributed by atoms with E-state index in [0.29, 0.717) is 0 Å². The Morgan fingerprint density at radius 1 is 1.20 bits per heavy atom. The Morgan fingerprint density at radius 2 is 1.87 bits per heavy atom. The molecule has 2 rings (SSSR count). The molecule has 0 amide bonds. The second-order valence-corrected chi connectivity index (χ2v) is 3.49. The minimum Gasteiger partial charge on any atom is -0.269 e. The maximum absolute atomic E-state index is 11.9. The Kier molecular flexibility index (Phi) is 3.15. The number of fused-ring (bicyclic) bond motifs is 1. The van der Waals surface area contributed by atoms with Crippen LogP contribution in [-0.2, 0) is 0 Å². The number of pyridine rings is 1. The molecule has 80 valence electrons. The summed E-state index contributed by atoms with van der Waals surface area (Å²) in [6.45, 7) is 5.58. The van der Waals surface area contributed by atoms with Gasteiger partial charge in [0.05, 0.1) is 0 Å². The average Bonchev–Trinajstić information content (AvgIpc) is 2.14. The van der Waals surface area contributed by atoms with E-state index < -0.39 is 0 Å². The molecule has 0 bridgehead atoms. The molecule has 0 radical (unpaired) electrons. The van der Waals surface area contributed by atoms with Crippen molar-refractivity contribution in [1.29, 1.82) is 0 Å². The fraction of sp³-hybridized carbons (Fsp3) is 0.273. The summed E-state index contributed by atoms with van der Waals surface area (Å²) in [4.78, 5) is 16.3. The molecule has 0 atom stereocenters. The maximum Gasteiger partial charge on any atom is 0.261 e. The third-order valence-electron chi connectivity index (χ3n) is 2.51. The average molecular weight is 225 g/mol. The van der Waals surface area contributed by atoms with E-state index in [1.54, 1.807) is 4.40 Å². The van der Waals surface area contributed by atoms with Crippen LogP contribution in [0.25, 0.3) is 5.65 Å². The first-order chi connectivity index (χ1) is 6.61. The summed E-state index contributed by atoms with van der Waals surface area (Å²) in [6.07, 6.45) is 0. The molecule has 2 aromatic heterocycles. The zero-order chi connectivity index (χ0) is 10.3. The van der Waals surface area contributed by atoms with Gasteiger partial charge in [-0.1, -0.05) is 6.07 Å². The molecule has 15 heavy (non-hydrogen) atoms. The summed E-state index contributed by atoms with van der Waals surface area (Å²) in [5, 5.41) is 0. The Morgan fingerprint density at radius 3 is 2.53 bits per heavy atom. The van der Waals surface area contributed by atoms with Gasteiger partial charge in [0.2, 0.25) is 0 Å². The van der Waals surface area contributed by atoms with Crippen LogP contribution in [0.4, 0.5) is 0 Å². The number of rotatable bonds is 0. The van der Waals surface area contributed by atoms with Gasteiger partial charge in [-0.15, -0.1) is 12.4 Å². The Bertz CT molecular complexity index is 560. The van der Waals surface area contributed by atoms with Crippen molar-refractivity contribution < 1.29 is 0 Å². The molecule has 0 unspecified atom stereocenters. The van der Waals surface area contributed by atoms with Crippen LogP contribution in [0, 0.1) is 20.8 Å². The van der Waals surface area contributed by atoms with Gasteiger partial charge in [0.1, 0.15) is 5.65 Å². The first kappa shape index (κ1) is 11.7. The highest BCUT2D eigenvalue weighted by molar-refractivity contribution is 5.85. The lowest BCUT2D eigenvalue weighted by atomic mass is 10.2. The molecule has 0 aliphatic carbocycles. The lowest BCUT2D eigenvalue weighted by molar-refractivity contribution is 0.947. The third-order valence-corrected chi connectivity index (χ3v) is 2.51. The second-order valence-electron chi connectivity index (χ2n) is 3.49. The van der Waals surface area contributed by atoms with Crippen LogP contribution in [0.2, 0.25) is 0 Å². The van der Waals surface area contributed by atoms with E-state index in [9.17, 15) is 4.79 Å². The number of hydrogen-bond acceptors (Lipinski definition) is 2. The van der Waals surface area contributed by atoms with Crippen molar-refractivity contribution in [2.24, 2.45) is 0 Å². The van der Waals surface area contributed by atoms with Crippen molar-refractivity contribution in [2.45, 2.75) is 20.8 Å². The molecule has 0 aliphatic heterocycles. The minimum absolute atomic E-state index is 0. The Labute approximate surface area is 94.2 Å². The smallest absolute Gasteiger partial charge is 0.261 e. The van der Waals surface area contributed by atoms with Crippen LogP contribution in [0.3, 0.4) is 0 Å². The van der Waals surface area contributed by atoms with Gasteiger partial charge in [-0.2, -0.15) is 0 Å². The van der Waals surface area contributed by atoms with Gasteiger partial charge in [-0.3, -0.25) is 9.20 Å². The highest BCUT2D eigenvalue weighted by Crippen LogP contribution is 2.04. The fourth-order valence-electron chi connectivity index (χ4n) is 1.53. The first-order valence-corrected chi connectivity index (χ1v) is 4.57. The van der Waals surface area contributed by atoms with Gasteiger partial charge in [0.15, 0.2) is 0 Å². The van der Waals surface area contributed by atoms with E-state index in [2.05, 4.69) is 4.98 Å². The predicted molar refractivity (Wildman–Crippen MR) is 62.9 cm³/mol. The summed E-state index contributed by atoms with van der Waals surface area (Å²) >= 11 is 0. The van der Waals surface area contributed by atoms with E-state index in [0.717, 1.165) is 22.6 Å². The maximum atomic E-state index is 11.9. The predicted octanol–water partition coefficient (Wildman–Crippen LogP) is 2.04. The highest BCUT2D eigenvalue weighted by atomic mass is 35.5. The Hall–Kier alpha value is -1.35. The van der Waals surface area contributed by atoms with E-state index >= 15 is 0 Å². The summed E-state index contributed by atoms with van der Waals surface area (Å²) in [5.41, 5.74) is 3.20. The molecule has 0 saturated heterocycles. The first-order valence-electron chi connectivity index (χ1n) is 4.57. The van der Waals surface area contributed by atoms with Crippen LogP contribution in [0.5, 0.6) is 0 Å². The van der Waals surface area contributed by atoms with Crippen LogP contribution in [-0.4, -0.2) is 9.38 Å². The number of aromatic nitrogens is 2. The van der Waals surface area contributed by atoms with Gasteiger partial charge >= 0.3 is 0 Å². The molecular formula is C11H13ClN2O. The number of halogens is 1. The van der Waals surface area contributed by atoms with Gasteiger partial charge in [0.25, 0.3) is 5.56 Å². The van der Waals surface area contributed by atoms with Crippen molar-refractivity contribution in [3.8, 4) is 0 Å². The van der Waals surface area contributed by atoms with E-state index in [1.807, 2.05) is 39.0 Å². The van der Waals surface area contributed by atoms with Crippen molar-refractivity contribution in [1.82, 2.24) is 9.38 Å². The molecule has 0 spiro atoms. The summed E-state index contributed by atoms with van der Waals surface area (Å²) in [5.74, 6) is 0. The van der Waals surface area contributed by atoms with E-state index in [4.69, 9.17) is 0 Å². The Balaban J connectivity index is 0.00000112. The largest absolute Gasteiger partial charge is 0.269 e. The summed E-state index contributed by atoms with van der Waals surface area (Å²) < 4.78 is 1.64. The molecular weight excluding hydrogens is 212 g/mol. The van der Waals surface area contributed by atoms with Crippen molar-refractivity contribution >= 4 is 18.1 Å². The summed E-state index contributed by atoms with van der Waals surface area (Å²) in [7, 11) is 0. The molecule has 0 saturated carbocycles. The van der Waals surface area contributed by atoms with Crippen LogP contribution < -0.4 is 5.56 Å². The SMILES string of the molecule is Cc1nc2cccc(C)n2c(=O)c1C.Cl. The van der Waals surface area contributed by atoms with Gasteiger partial charge in [-0.25, -0.2) is 4.98 Å². The molecule has 0 N–H and O–H groups in total. The minimum atomic E-state index is 0. The van der Waals surface area contributed by atoms with Gasteiger partial charge in [0, 0.05) is 17.0 Å². The third kappa shape index (κ3) is 1.75. The molecule has 0 aliphatic rings. The van der Waals surface area contributed by atoms with Crippen molar-refractivity contribution in [2.75, 3.05) is 0 Å². The fourth-order valence-corrected chi connectivity index (χ4v) is 1.53. The van der Waals surface area contributed by atoms with Gasteiger partial charge < -0.3 is 0 Å². The van der Waals surface area contributed by atoms with Crippen molar-refractivity contribution in [3.05, 3.63) is 45.5 Å². The second kappa shape index (κ2) is 4.03. The zero-order valence-corrected chi connectivity index (χ0v) is 9.76. The van der Waals surface area contributed by atoms with Crippen LogP contribution in [0.15, 0.2) is 23.0 Å².